The van der Waals surface area contributed by atoms with Gasteiger partial charge in [-0.25, -0.2) is 8.42 Å². The van der Waals surface area contributed by atoms with Crippen LogP contribution in [-0.4, -0.2) is 50.4 Å². The number of amides is 2. The molecular formula is C31H38ClN3O5S. The molecule has 0 spiro atoms. The van der Waals surface area contributed by atoms with E-state index in [1.807, 2.05) is 58.9 Å². The van der Waals surface area contributed by atoms with Gasteiger partial charge in [-0.15, -0.1) is 0 Å². The number of hydrogen-bond donors (Lipinski definition) is 1. The number of methoxy groups -OCH3 is 1. The van der Waals surface area contributed by atoms with Crippen LogP contribution >= 0.6 is 11.6 Å². The van der Waals surface area contributed by atoms with Crippen molar-refractivity contribution in [3.8, 4) is 5.75 Å². The third-order valence-electron chi connectivity index (χ3n) is 6.44. The predicted octanol–water partition coefficient (Wildman–Crippen LogP) is 5.49. The second-order valence-electron chi connectivity index (χ2n) is 11.1. The van der Waals surface area contributed by atoms with Gasteiger partial charge in [0.2, 0.25) is 11.8 Å². The Balaban J connectivity index is 2.10. The summed E-state index contributed by atoms with van der Waals surface area (Å²) in [6, 6.07) is 17.6. The molecule has 41 heavy (non-hydrogen) atoms. The van der Waals surface area contributed by atoms with Gasteiger partial charge < -0.3 is 15.0 Å². The van der Waals surface area contributed by atoms with Crippen molar-refractivity contribution in [1.29, 1.82) is 0 Å². The first-order chi connectivity index (χ1) is 19.1. The summed E-state index contributed by atoms with van der Waals surface area (Å²) in [6.45, 7) is 10.5. The Morgan fingerprint density at radius 1 is 0.951 bits per heavy atom. The van der Waals surface area contributed by atoms with Crippen LogP contribution in [0.1, 0.15) is 44.4 Å². The molecule has 0 radical (unpaired) electrons. The Hall–Kier alpha value is -3.56. The van der Waals surface area contributed by atoms with Crippen LogP contribution in [0.5, 0.6) is 5.75 Å². The van der Waals surface area contributed by atoms with Gasteiger partial charge in [0.25, 0.3) is 10.0 Å². The van der Waals surface area contributed by atoms with E-state index in [-0.39, 0.29) is 33.8 Å². The van der Waals surface area contributed by atoms with Crippen LogP contribution < -0.4 is 14.4 Å². The van der Waals surface area contributed by atoms with Crippen LogP contribution in [0.15, 0.2) is 71.6 Å². The van der Waals surface area contributed by atoms with Crippen molar-refractivity contribution < 1.29 is 22.7 Å². The molecule has 0 aliphatic carbocycles. The van der Waals surface area contributed by atoms with Crippen LogP contribution in [0, 0.1) is 13.8 Å². The number of carbonyl (C=O) groups excluding carboxylic acids is 2. The molecule has 0 saturated carbocycles. The molecule has 3 rings (SSSR count). The van der Waals surface area contributed by atoms with Crippen molar-refractivity contribution in [1.82, 2.24) is 10.2 Å². The highest BCUT2D eigenvalue weighted by Gasteiger charge is 2.34. The standard InChI is InChI=1S/C31H38ClN3O5S/c1-21-8-12-24(13-9-21)19-34(23(3)30(37)33-31(4,5)6)29(36)20-35(27-18-25(32)14-17-28(27)40-7)41(38,39)26-15-10-22(2)11-16-26/h8-18,23H,19-20H2,1-7H3,(H,33,37)/t23-/m0/s1. The zero-order valence-electron chi connectivity index (χ0n) is 24.6. The van der Waals surface area contributed by atoms with Crippen molar-refractivity contribution in [2.45, 2.75) is 64.6 Å². The minimum atomic E-state index is -4.26. The molecule has 10 heteroatoms. The molecule has 0 fully saturated rings. The lowest BCUT2D eigenvalue weighted by molar-refractivity contribution is -0.140. The Morgan fingerprint density at radius 3 is 2.05 bits per heavy atom. The predicted molar refractivity (Wildman–Crippen MR) is 163 cm³/mol. The molecule has 8 nitrogen and oxygen atoms in total. The van der Waals surface area contributed by atoms with Gasteiger partial charge in [0.1, 0.15) is 18.3 Å². The molecule has 1 atom stereocenters. The van der Waals surface area contributed by atoms with E-state index in [2.05, 4.69) is 5.32 Å². The first kappa shape index (κ1) is 32.0. The minimum absolute atomic E-state index is 0.00142. The lowest BCUT2D eigenvalue weighted by Crippen LogP contribution is -2.54. The van der Waals surface area contributed by atoms with E-state index in [0.29, 0.717) is 0 Å². The highest BCUT2D eigenvalue weighted by atomic mass is 35.5. The lowest BCUT2D eigenvalue weighted by Gasteiger charge is -2.33. The Labute approximate surface area is 248 Å². The fraction of sp³-hybridized carbons (Fsp3) is 0.355. The number of anilines is 1. The van der Waals surface area contributed by atoms with Gasteiger partial charge in [-0.05, 0) is 77.4 Å². The summed E-state index contributed by atoms with van der Waals surface area (Å²) in [5.74, 6) is -0.701. The summed E-state index contributed by atoms with van der Waals surface area (Å²) < 4.78 is 34.5. The first-order valence-electron chi connectivity index (χ1n) is 13.2. The highest BCUT2D eigenvalue weighted by molar-refractivity contribution is 7.92. The molecule has 0 aliphatic rings. The van der Waals surface area contributed by atoms with Crippen LogP contribution in [-0.2, 0) is 26.2 Å². The molecule has 2 amide bonds. The van der Waals surface area contributed by atoms with E-state index in [9.17, 15) is 18.0 Å². The molecule has 0 unspecified atom stereocenters. The molecule has 0 aromatic heterocycles. The monoisotopic (exact) mass is 599 g/mol. The number of ether oxygens (including phenoxy) is 1. The summed E-state index contributed by atoms with van der Waals surface area (Å²) in [5, 5.41) is 3.19. The maximum atomic E-state index is 14.1. The highest BCUT2D eigenvalue weighted by Crippen LogP contribution is 2.35. The molecule has 0 saturated heterocycles. The average Bonchev–Trinajstić information content (AvgIpc) is 2.90. The maximum absolute atomic E-state index is 14.1. The second-order valence-corrected chi connectivity index (χ2v) is 13.4. The normalized spacial score (nSPS) is 12.4. The van der Waals surface area contributed by atoms with Crippen molar-refractivity contribution in [3.05, 3.63) is 88.4 Å². The van der Waals surface area contributed by atoms with E-state index < -0.39 is 34.1 Å². The minimum Gasteiger partial charge on any atom is -0.495 e. The number of aryl methyl sites for hydroxylation is 2. The van der Waals surface area contributed by atoms with Gasteiger partial charge in [0, 0.05) is 17.1 Å². The molecule has 0 heterocycles. The van der Waals surface area contributed by atoms with Crippen molar-refractivity contribution in [3.63, 3.8) is 0 Å². The molecular weight excluding hydrogens is 562 g/mol. The molecule has 3 aromatic rings. The lowest BCUT2D eigenvalue weighted by atomic mass is 10.1. The van der Waals surface area contributed by atoms with E-state index in [1.165, 1.54) is 30.2 Å². The van der Waals surface area contributed by atoms with E-state index in [0.717, 1.165) is 21.0 Å². The molecule has 3 aromatic carbocycles. The quantitative estimate of drug-likeness (QED) is 0.332. The van der Waals surface area contributed by atoms with E-state index in [4.69, 9.17) is 16.3 Å². The average molecular weight is 600 g/mol. The zero-order chi connectivity index (χ0) is 30.5. The number of carbonyl (C=O) groups is 2. The van der Waals surface area contributed by atoms with Crippen molar-refractivity contribution >= 4 is 39.1 Å². The number of rotatable bonds is 10. The molecule has 1 N–H and O–H groups in total. The largest absolute Gasteiger partial charge is 0.495 e. The fourth-order valence-electron chi connectivity index (χ4n) is 4.16. The van der Waals surface area contributed by atoms with E-state index >= 15 is 0 Å². The van der Waals surface area contributed by atoms with E-state index in [1.54, 1.807) is 31.2 Å². The summed E-state index contributed by atoms with van der Waals surface area (Å²) >= 11 is 6.28. The summed E-state index contributed by atoms with van der Waals surface area (Å²) in [4.78, 5) is 28.7. The van der Waals surface area contributed by atoms with Crippen molar-refractivity contribution in [2.75, 3.05) is 18.0 Å². The van der Waals surface area contributed by atoms with Crippen LogP contribution in [0.3, 0.4) is 0 Å². The number of benzene rings is 3. The van der Waals surface area contributed by atoms with Gasteiger partial charge in [0.05, 0.1) is 17.7 Å². The number of sulfonamides is 1. The van der Waals surface area contributed by atoms with Gasteiger partial charge >= 0.3 is 0 Å². The topological polar surface area (TPSA) is 96.0 Å². The molecule has 220 valence electrons. The van der Waals surface area contributed by atoms with Crippen LogP contribution in [0.25, 0.3) is 0 Å². The van der Waals surface area contributed by atoms with Crippen molar-refractivity contribution in [2.24, 2.45) is 0 Å². The van der Waals surface area contributed by atoms with Crippen LogP contribution in [0.4, 0.5) is 5.69 Å². The Bertz CT molecular complexity index is 1480. The summed E-state index contributed by atoms with van der Waals surface area (Å²) in [6.07, 6.45) is 0. The third kappa shape index (κ3) is 8.24. The summed E-state index contributed by atoms with van der Waals surface area (Å²) in [7, 11) is -2.84. The second kappa shape index (κ2) is 13.0. The zero-order valence-corrected chi connectivity index (χ0v) is 26.1. The van der Waals surface area contributed by atoms with Gasteiger partial charge in [-0.1, -0.05) is 59.1 Å². The van der Waals surface area contributed by atoms with Gasteiger partial charge in [-0.3, -0.25) is 13.9 Å². The number of nitrogens with one attached hydrogen (secondary N) is 1. The van der Waals surface area contributed by atoms with Gasteiger partial charge in [-0.2, -0.15) is 0 Å². The van der Waals surface area contributed by atoms with Gasteiger partial charge in [0.15, 0.2) is 0 Å². The fourth-order valence-corrected chi connectivity index (χ4v) is 5.74. The Morgan fingerprint density at radius 2 is 1.51 bits per heavy atom. The third-order valence-corrected chi connectivity index (χ3v) is 8.45. The maximum Gasteiger partial charge on any atom is 0.264 e. The first-order valence-corrected chi connectivity index (χ1v) is 15.0. The molecule has 0 aliphatic heterocycles. The SMILES string of the molecule is COc1ccc(Cl)cc1N(CC(=O)N(Cc1ccc(C)cc1)[C@@H](C)C(=O)NC(C)(C)C)S(=O)(=O)c1ccc(C)cc1. The number of halogens is 1. The smallest absolute Gasteiger partial charge is 0.264 e. The molecule has 0 bridgehead atoms. The summed E-state index contributed by atoms with van der Waals surface area (Å²) in [5.41, 5.74) is 2.31. The number of hydrogen-bond acceptors (Lipinski definition) is 5. The van der Waals surface area contributed by atoms with Crippen LogP contribution in [0.2, 0.25) is 5.02 Å². The Kier molecular flexibility index (Phi) is 10.1. The number of nitrogens with zero attached hydrogens (tertiary/aromatic N) is 2.